The molecule has 0 radical (unpaired) electrons. The van der Waals surface area contributed by atoms with E-state index in [1.165, 1.54) is 21.5 Å². The lowest BCUT2D eigenvalue weighted by molar-refractivity contribution is -0.121. The zero-order chi connectivity index (χ0) is 20.9. The van der Waals surface area contributed by atoms with E-state index in [0.717, 1.165) is 17.4 Å². The summed E-state index contributed by atoms with van der Waals surface area (Å²) >= 11 is 1.27. The highest BCUT2D eigenvalue weighted by Crippen LogP contribution is 2.16. The minimum absolute atomic E-state index is 0.134. The smallest absolute Gasteiger partial charge is 0.336 e. The first-order valence-electron chi connectivity index (χ1n) is 9.74. The fourth-order valence-electron chi connectivity index (χ4n) is 3.41. The number of benzene rings is 2. The van der Waals surface area contributed by atoms with Gasteiger partial charge in [0.1, 0.15) is 11.2 Å². The van der Waals surface area contributed by atoms with Crippen molar-refractivity contribution in [3.8, 4) is 5.69 Å². The highest BCUT2D eigenvalue weighted by atomic mass is 32.1. The number of para-hydroxylation sites is 1. The van der Waals surface area contributed by atoms with Gasteiger partial charge in [-0.25, -0.2) is 9.36 Å². The quantitative estimate of drug-likeness (QED) is 0.468. The van der Waals surface area contributed by atoms with E-state index in [0.29, 0.717) is 22.4 Å². The van der Waals surface area contributed by atoms with Crippen LogP contribution in [-0.4, -0.2) is 21.6 Å². The van der Waals surface area contributed by atoms with Crippen molar-refractivity contribution in [1.29, 1.82) is 0 Å². The molecule has 0 aliphatic rings. The highest BCUT2D eigenvalue weighted by molar-refractivity contribution is 7.17. The first-order chi connectivity index (χ1) is 14.6. The van der Waals surface area contributed by atoms with Crippen molar-refractivity contribution in [1.82, 2.24) is 14.5 Å². The molecule has 0 bridgehead atoms. The Morgan fingerprint density at radius 2 is 1.63 bits per heavy atom. The van der Waals surface area contributed by atoms with Crippen molar-refractivity contribution in [2.45, 2.75) is 19.4 Å². The number of nitrogens with one attached hydrogen (secondary N) is 1. The van der Waals surface area contributed by atoms with Gasteiger partial charge in [-0.05, 0) is 42.0 Å². The van der Waals surface area contributed by atoms with Crippen LogP contribution in [0.3, 0.4) is 0 Å². The lowest BCUT2D eigenvalue weighted by atomic mass is 10.1. The third-order valence-corrected chi connectivity index (χ3v) is 5.77. The Balaban J connectivity index is 1.54. The van der Waals surface area contributed by atoms with Crippen LogP contribution in [0.25, 0.3) is 15.9 Å². The van der Waals surface area contributed by atoms with Gasteiger partial charge in [-0.2, -0.15) is 0 Å². The lowest BCUT2D eigenvalue weighted by Crippen LogP contribution is -2.41. The number of fused-ring (bicyclic) bond motifs is 1. The molecule has 6 nitrogen and oxygen atoms in total. The Labute approximate surface area is 177 Å². The van der Waals surface area contributed by atoms with Gasteiger partial charge in [0.15, 0.2) is 0 Å². The SMILES string of the molecule is O=C(Cn1c(=O)n(-c2ccccc2)c(=O)c2sccc21)NCCCc1ccccc1. The topological polar surface area (TPSA) is 73.1 Å². The molecule has 0 atom stereocenters. The number of nitrogens with zero attached hydrogens (tertiary/aromatic N) is 2. The van der Waals surface area contributed by atoms with E-state index in [1.54, 1.807) is 35.7 Å². The van der Waals surface area contributed by atoms with Gasteiger partial charge in [0.25, 0.3) is 5.56 Å². The number of thiophene rings is 1. The predicted octanol–water partition coefficient (Wildman–Crippen LogP) is 2.96. The minimum atomic E-state index is -0.517. The highest BCUT2D eigenvalue weighted by Gasteiger charge is 2.17. The number of amides is 1. The zero-order valence-electron chi connectivity index (χ0n) is 16.3. The molecule has 2 heterocycles. The van der Waals surface area contributed by atoms with Crippen molar-refractivity contribution in [2.75, 3.05) is 6.54 Å². The summed E-state index contributed by atoms with van der Waals surface area (Å²) in [5, 5.41) is 4.64. The van der Waals surface area contributed by atoms with Crippen LogP contribution in [-0.2, 0) is 17.8 Å². The molecule has 0 aliphatic carbocycles. The molecule has 1 N–H and O–H groups in total. The van der Waals surface area contributed by atoms with Crippen LogP contribution in [0.1, 0.15) is 12.0 Å². The van der Waals surface area contributed by atoms with Crippen LogP contribution in [0.2, 0.25) is 0 Å². The van der Waals surface area contributed by atoms with Crippen molar-refractivity contribution < 1.29 is 4.79 Å². The minimum Gasteiger partial charge on any atom is -0.355 e. The molecule has 4 rings (SSSR count). The van der Waals surface area contributed by atoms with E-state index >= 15 is 0 Å². The number of hydrogen-bond donors (Lipinski definition) is 1. The van der Waals surface area contributed by atoms with Gasteiger partial charge < -0.3 is 5.32 Å². The molecule has 2 aromatic carbocycles. The monoisotopic (exact) mass is 419 g/mol. The largest absolute Gasteiger partial charge is 0.355 e. The normalized spacial score (nSPS) is 10.9. The first-order valence-corrected chi connectivity index (χ1v) is 10.6. The van der Waals surface area contributed by atoms with Crippen LogP contribution < -0.4 is 16.6 Å². The van der Waals surface area contributed by atoms with Crippen LogP contribution in [0.4, 0.5) is 0 Å². The van der Waals surface area contributed by atoms with Gasteiger partial charge >= 0.3 is 5.69 Å². The number of carbonyl (C=O) groups is 1. The van der Waals surface area contributed by atoms with Gasteiger partial charge in [-0.3, -0.25) is 14.2 Å². The van der Waals surface area contributed by atoms with E-state index in [2.05, 4.69) is 17.4 Å². The third kappa shape index (κ3) is 4.11. The molecular weight excluding hydrogens is 398 g/mol. The predicted molar refractivity (Wildman–Crippen MR) is 119 cm³/mol. The maximum Gasteiger partial charge on any atom is 0.336 e. The van der Waals surface area contributed by atoms with Crippen molar-refractivity contribution in [3.05, 3.63) is 98.5 Å². The molecule has 0 aliphatic heterocycles. The van der Waals surface area contributed by atoms with Gasteiger partial charge in [0.2, 0.25) is 5.91 Å². The Bertz CT molecular complexity index is 1270. The third-order valence-electron chi connectivity index (χ3n) is 4.88. The average molecular weight is 420 g/mol. The summed E-state index contributed by atoms with van der Waals surface area (Å²) in [6, 6.07) is 20.6. The van der Waals surface area contributed by atoms with Crippen LogP contribution in [0, 0.1) is 0 Å². The second-order valence-corrected chi connectivity index (χ2v) is 7.84. The number of aromatic nitrogens is 2. The summed E-state index contributed by atoms with van der Waals surface area (Å²) in [5.41, 5.74) is 1.31. The Kier molecular flexibility index (Phi) is 5.90. The van der Waals surface area contributed by atoms with Gasteiger partial charge in [0.05, 0.1) is 11.2 Å². The molecule has 0 unspecified atom stereocenters. The van der Waals surface area contributed by atoms with Crippen LogP contribution in [0.15, 0.2) is 81.7 Å². The van der Waals surface area contributed by atoms with E-state index in [9.17, 15) is 14.4 Å². The summed E-state index contributed by atoms with van der Waals surface area (Å²) in [4.78, 5) is 38.5. The van der Waals surface area contributed by atoms with Crippen molar-refractivity contribution in [2.24, 2.45) is 0 Å². The van der Waals surface area contributed by atoms with E-state index in [-0.39, 0.29) is 18.0 Å². The second-order valence-electron chi connectivity index (χ2n) is 6.92. The molecule has 0 saturated carbocycles. The molecule has 152 valence electrons. The summed E-state index contributed by atoms with van der Waals surface area (Å²) < 4.78 is 2.95. The molecule has 4 aromatic rings. The summed E-state index contributed by atoms with van der Waals surface area (Å²) in [7, 11) is 0. The summed E-state index contributed by atoms with van der Waals surface area (Å²) in [6.07, 6.45) is 1.68. The number of carbonyl (C=O) groups excluding carboxylic acids is 1. The fourth-order valence-corrected chi connectivity index (χ4v) is 4.23. The van der Waals surface area contributed by atoms with Gasteiger partial charge in [-0.1, -0.05) is 48.5 Å². The Hall–Kier alpha value is -3.45. The van der Waals surface area contributed by atoms with E-state index in [1.807, 2.05) is 24.3 Å². The van der Waals surface area contributed by atoms with E-state index < -0.39 is 5.69 Å². The number of rotatable bonds is 7. The summed E-state index contributed by atoms with van der Waals surface area (Å²) in [5.74, 6) is -0.254. The van der Waals surface area contributed by atoms with Gasteiger partial charge in [0, 0.05) is 6.54 Å². The van der Waals surface area contributed by atoms with Crippen molar-refractivity contribution >= 4 is 27.5 Å². The fraction of sp³-hybridized carbons (Fsp3) is 0.174. The molecule has 2 aromatic heterocycles. The molecule has 0 saturated heterocycles. The molecular formula is C23H21N3O3S. The molecule has 30 heavy (non-hydrogen) atoms. The van der Waals surface area contributed by atoms with E-state index in [4.69, 9.17) is 0 Å². The maximum absolute atomic E-state index is 13.1. The zero-order valence-corrected chi connectivity index (χ0v) is 17.1. The number of hydrogen-bond acceptors (Lipinski definition) is 4. The molecule has 0 fully saturated rings. The first kappa shape index (κ1) is 19.8. The van der Waals surface area contributed by atoms with Crippen molar-refractivity contribution in [3.63, 3.8) is 0 Å². The maximum atomic E-state index is 13.1. The lowest BCUT2D eigenvalue weighted by Gasteiger charge is -2.12. The Morgan fingerprint density at radius 1 is 0.933 bits per heavy atom. The van der Waals surface area contributed by atoms with Crippen LogP contribution >= 0.6 is 11.3 Å². The summed E-state index contributed by atoms with van der Waals surface area (Å²) in [6.45, 7) is 0.387. The Morgan fingerprint density at radius 3 is 2.37 bits per heavy atom. The van der Waals surface area contributed by atoms with Crippen LogP contribution in [0.5, 0.6) is 0 Å². The van der Waals surface area contributed by atoms with Gasteiger partial charge in [-0.15, -0.1) is 11.3 Å². The standard InChI is InChI=1S/C23H21N3O3S/c27-20(24-14-7-10-17-8-3-1-4-9-17)16-25-19-13-15-30-21(19)22(28)26(23(25)29)18-11-5-2-6-12-18/h1-6,8-9,11-13,15H,7,10,14,16H2,(H,24,27). The molecule has 1 amide bonds. The number of aryl methyl sites for hydroxylation is 1. The molecule has 0 spiro atoms. The average Bonchev–Trinajstić information content (AvgIpc) is 3.26. The second kappa shape index (κ2) is 8.92. The molecule has 7 heteroatoms.